The number of nitrogens with zero attached hydrogens (tertiary/aromatic N) is 1. The van der Waals surface area contributed by atoms with E-state index in [0.717, 1.165) is 30.3 Å². The fraction of sp³-hybridized carbons (Fsp3) is 0.583. The number of aliphatic imine (C=N–C) groups is 1. The van der Waals surface area contributed by atoms with Gasteiger partial charge in [0.25, 0.3) is 0 Å². The third-order valence-electron chi connectivity index (χ3n) is 2.23. The van der Waals surface area contributed by atoms with Gasteiger partial charge in [-0.2, -0.15) is 0 Å². The van der Waals surface area contributed by atoms with E-state index in [1.807, 2.05) is 13.0 Å². The minimum absolute atomic E-state index is 0.329. The van der Waals surface area contributed by atoms with Gasteiger partial charge in [-0.25, -0.2) is 0 Å². The lowest BCUT2D eigenvalue weighted by atomic mass is 10.3. The van der Waals surface area contributed by atoms with Crippen molar-refractivity contribution in [2.45, 2.75) is 26.4 Å². The predicted molar refractivity (Wildman–Crippen MR) is 78.6 cm³/mol. The van der Waals surface area contributed by atoms with Gasteiger partial charge in [0, 0.05) is 18.0 Å². The summed E-state index contributed by atoms with van der Waals surface area (Å²) in [6.45, 7) is 6.11. The zero-order chi connectivity index (χ0) is 13.4. The van der Waals surface area contributed by atoms with Crippen LogP contribution in [0, 0.1) is 0 Å². The minimum Gasteiger partial charge on any atom is -0.386 e. The van der Waals surface area contributed by atoms with Gasteiger partial charge in [0.2, 0.25) is 0 Å². The van der Waals surface area contributed by atoms with Crippen molar-refractivity contribution >= 4 is 28.9 Å². The van der Waals surface area contributed by atoms with E-state index in [0.29, 0.717) is 10.9 Å². The Kier molecular flexibility index (Phi) is 7.08. The maximum Gasteiger partial charge on any atom is 0.191 e. The molecule has 1 atom stereocenters. The largest absolute Gasteiger partial charge is 0.386 e. The summed E-state index contributed by atoms with van der Waals surface area (Å²) in [4.78, 5) is 5.19. The van der Waals surface area contributed by atoms with E-state index in [-0.39, 0.29) is 0 Å². The second kappa shape index (κ2) is 8.34. The van der Waals surface area contributed by atoms with Crippen molar-refractivity contribution in [3.05, 3.63) is 21.3 Å². The number of nitrogens with one attached hydrogen (secondary N) is 2. The molecule has 3 N–H and O–H groups in total. The Balaban J connectivity index is 2.52. The van der Waals surface area contributed by atoms with Crippen LogP contribution in [-0.4, -0.2) is 30.7 Å². The normalized spacial score (nSPS) is 13.4. The Morgan fingerprint density at radius 2 is 2.22 bits per heavy atom. The first-order valence-electron chi connectivity index (χ1n) is 6.12. The molecule has 1 aromatic heterocycles. The zero-order valence-electron chi connectivity index (χ0n) is 10.7. The number of guanidine groups is 1. The van der Waals surface area contributed by atoms with Crippen LogP contribution in [0.15, 0.2) is 17.1 Å². The average molecular weight is 290 g/mol. The van der Waals surface area contributed by atoms with E-state index < -0.39 is 6.10 Å². The van der Waals surface area contributed by atoms with Crippen molar-refractivity contribution in [1.82, 2.24) is 10.6 Å². The van der Waals surface area contributed by atoms with E-state index in [4.69, 9.17) is 11.6 Å². The summed E-state index contributed by atoms with van der Waals surface area (Å²) in [5.74, 6) is 0.737. The molecule has 0 aliphatic carbocycles. The third kappa shape index (κ3) is 5.25. The molecule has 0 aliphatic heterocycles. The van der Waals surface area contributed by atoms with Crippen LogP contribution >= 0.6 is 22.9 Å². The average Bonchev–Trinajstić information content (AvgIpc) is 2.79. The fourth-order valence-electron chi connectivity index (χ4n) is 1.36. The van der Waals surface area contributed by atoms with Crippen LogP contribution in [0.5, 0.6) is 0 Å². The molecule has 102 valence electrons. The van der Waals surface area contributed by atoms with Gasteiger partial charge in [0.15, 0.2) is 5.96 Å². The molecule has 4 nitrogen and oxygen atoms in total. The number of aliphatic hydroxyl groups is 1. The molecule has 1 heterocycles. The van der Waals surface area contributed by atoms with Crippen LogP contribution in [0.1, 0.15) is 31.2 Å². The van der Waals surface area contributed by atoms with E-state index in [1.165, 1.54) is 11.3 Å². The molecular weight excluding hydrogens is 270 g/mol. The first kappa shape index (κ1) is 15.3. The van der Waals surface area contributed by atoms with Crippen LogP contribution < -0.4 is 10.6 Å². The van der Waals surface area contributed by atoms with Crippen molar-refractivity contribution in [2.24, 2.45) is 4.99 Å². The highest BCUT2D eigenvalue weighted by atomic mass is 35.5. The molecular formula is C12H20ClN3OS. The monoisotopic (exact) mass is 289 g/mol. The van der Waals surface area contributed by atoms with Crippen LogP contribution in [0.4, 0.5) is 0 Å². The Labute approximate surface area is 117 Å². The molecule has 1 unspecified atom stereocenters. The van der Waals surface area contributed by atoms with Gasteiger partial charge >= 0.3 is 0 Å². The Morgan fingerprint density at radius 1 is 1.44 bits per heavy atom. The molecule has 1 aromatic rings. The van der Waals surface area contributed by atoms with Crippen molar-refractivity contribution in [1.29, 1.82) is 0 Å². The lowest BCUT2D eigenvalue weighted by Gasteiger charge is -2.11. The topological polar surface area (TPSA) is 56.7 Å². The van der Waals surface area contributed by atoms with Crippen molar-refractivity contribution < 1.29 is 5.11 Å². The number of hydrogen-bond donors (Lipinski definition) is 3. The number of aliphatic hydroxyl groups excluding tert-OH is 1. The Morgan fingerprint density at radius 3 is 2.78 bits per heavy atom. The van der Waals surface area contributed by atoms with Crippen molar-refractivity contribution in [2.75, 3.05) is 19.6 Å². The van der Waals surface area contributed by atoms with Gasteiger partial charge < -0.3 is 15.7 Å². The predicted octanol–water partition coefficient (Wildman–Crippen LogP) is 2.40. The number of hydrogen-bond acceptors (Lipinski definition) is 3. The molecule has 6 heteroatoms. The van der Waals surface area contributed by atoms with Gasteiger partial charge in [-0.05, 0) is 25.5 Å². The fourth-order valence-corrected chi connectivity index (χ4v) is 2.40. The molecule has 0 aromatic carbocycles. The van der Waals surface area contributed by atoms with E-state index in [9.17, 15) is 5.11 Å². The van der Waals surface area contributed by atoms with Gasteiger partial charge in [-0.3, -0.25) is 4.99 Å². The van der Waals surface area contributed by atoms with Crippen LogP contribution in [0.3, 0.4) is 0 Å². The molecule has 0 amide bonds. The summed E-state index contributed by atoms with van der Waals surface area (Å²) >= 11 is 7.22. The quantitative estimate of drug-likeness (QED) is 0.557. The summed E-state index contributed by atoms with van der Waals surface area (Å²) in [6, 6.07) is 3.62. The van der Waals surface area contributed by atoms with Gasteiger partial charge in [0.1, 0.15) is 6.10 Å². The van der Waals surface area contributed by atoms with Crippen molar-refractivity contribution in [3.63, 3.8) is 0 Å². The van der Waals surface area contributed by atoms with E-state index in [2.05, 4.69) is 22.5 Å². The standard InChI is InChI=1S/C12H20ClN3OS/c1-3-7-15-12(14-4-2)16-8-9(17)10-5-6-11(13)18-10/h5-6,9,17H,3-4,7-8H2,1-2H3,(H2,14,15,16). The molecule has 0 saturated heterocycles. The first-order valence-corrected chi connectivity index (χ1v) is 7.32. The molecule has 0 spiro atoms. The summed E-state index contributed by atoms with van der Waals surface area (Å²) in [5, 5.41) is 16.3. The summed E-state index contributed by atoms with van der Waals surface area (Å²) in [7, 11) is 0. The zero-order valence-corrected chi connectivity index (χ0v) is 12.3. The van der Waals surface area contributed by atoms with Crippen LogP contribution in [-0.2, 0) is 0 Å². The summed E-state index contributed by atoms with van der Waals surface area (Å²) in [5.41, 5.74) is 0. The summed E-state index contributed by atoms with van der Waals surface area (Å²) in [6.07, 6.45) is 0.438. The minimum atomic E-state index is -0.598. The number of rotatable bonds is 6. The molecule has 0 saturated carbocycles. The highest BCUT2D eigenvalue weighted by Gasteiger charge is 2.09. The highest BCUT2D eigenvalue weighted by Crippen LogP contribution is 2.26. The maximum absolute atomic E-state index is 9.97. The lowest BCUT2D eigenvalue weighted by molar-refractivity contribution is 0.191. The molecule has 0 radical (unpaired) electrons. The maximum atomic E-state index is 9.97. The lowest BCUT2D eigenvalue weighted by Crippen LogP contribution is -2.37. The van der Waals surface area contributed by atoms with Gasteiger partial charge in [-0.1, -0.05) is 18.5 Å². The SMILES string of the molecule is CCCNC(=NCC(O)c1ccc(Cl)s1)NCC. The van der Waals surface area contributed by atoms with Crippen LogP contribution in [0.2, 0.25) is 4.34 Å². The second-order valence-electron chi connectivity index (χ2n) is 3.80. The van der Waals surface area contributed by atoms with Gasteiger partial charge in [0.05, 0.1) is 10.9 Å². The molecule has 0 bridgehead atoms. The van der Waals surface area contributed by atoms with Gasteiger partial charge in [-0.15, -0.1) is 11.3 Å². The summed E-state index contributed by atoms with van der Waals surface area (Å²) < 4.78 is 0.684. The first-order chi connectivity index (χ1) is 8.67. The van der Waals surface area contributed by atoms with E-state index >= 15 is 0 Å². The van der Waals surface area contributed by atoms with E-state index in [1.54, 1.807) is 6.07 Å². The smallest absolute Gasteiger partial charge is 0.191 e. The highest BCUT2D eigenvalue weighted by molar-refractivity contribution is 7.16. The third-order valence-corrected chi connectivity index (χ3v) is 3.56. The molecule has 0 fully saturated rings. The molecule has 0 aliphatic rings. The molecule has 18 heavy (non-hydrogen) atoms. The Bertz CT molecular complexity index is 381. The van der Waals surface area contributed by atoms with Crippen molar-refractivity contribution in [3.8, 4) is 0 Å². The number of halogens is 1. The Hall–Kier alpha value is -0.780. The van der Waals surface area contributed by atoms with Crippen LogP contribution in [0.25, 0.3) is 0 Å². The second-order valence-corrected chi connectivity index (χ2v) is 5.55. The number of thiophene rings is 1. The molecule has 1 rings (SSSR count).